The summed E-state index contributed by atoms with van der Waals surface area (Å²) in [6.45, 7) is 1.97. The number of hydrogen-bond donors (Lipinski definition) is 4. The molecule has 0 saturated carbocycles. The second-order valence-electron chi connectivity index (χ2n) is 6.27. The Bertz CT molecular complexity index is 935. The van der Waals surface area contributed by atoms with E-state index in [4.69, 9.17) is 0 Å². The van der Waals surface area contributed by atoms with Crippen LogP contribution in [0.2, 0.25) is 0 Å². The number of benzene rings is 1. The molecule has 1 aromatic carbocycles. The molecule has 3 aromatic rings. The van der Waals surface area contributed by atoms with Gasteiger partial charge in [-0.15, -0.1) is 11.3 Å². The van der Waals surface area contributed by atoms with Crippen LogP contribution in [0.15, 0.2) is 46.9 Å². The monoisotopic (exact) mass is 401 g/mol. The standard InChI is InChI=1S/C20H24FN5OS/c1-22-20(24-9-3-8-23-19(27)18-4-2-11-28-18)25-10-7-14-13-26-17-6-5-15(21)12-16(14)17/h2,4-6,11-13,26H,3,7-10H2,1H3,(H,23,27)(H2,22,24,25). The van der Waals surface area contributed by atoms with Crippen LogP contribution in [0.3, 0.4) is 0 Å². The highest BCUT2D eigenvalue weighted by molar-refractivity contribution is 7.12. The highest BCUT2D eigenvalue weighted by atomic mass is 32.1. The largest absolute Gasteiger partial charge is 0.361 e. The highest BCUT2D eigenvalue weighted by Gasteiger charge is 2.06. The van der Waals surface area contributed by atoms with Crippen molar-refractivity contribution in [3.8, 4) is 0 Å². The van der Waals surface area contributed by atoms with Crippen molar-refractivity contribution in [3.63, 3.8) is 0 Å². The molecule has 4 N–H and O–H groups in total. The fraction of sp³-hybridized carbons (Fsp3) is 0.300. The maximum absolute atomic E-state index is 13.4. The molecule has 8 heteroatoms. The van der Waals surface area contributed by atoms with E-state index in [1.165, 1.54) is 17.4 Å². The van der Waals surface area contributed by atoms with Gasteiger partial charge >= 0.3 is 0 Å². The zero-order valence-corrected chi connectivity index (χ0v) is 16.5. The summed E-state index contributed by atoms with van der Waals surface area (Å²) < 4.78 is 13.4. The minimum Gasteiger partial charge on any atom is -0.361 e. The van der Waals surface area contributed by atoms with E-state index in [1.807, 2.05) is 23.7 Å². The van der Waals surface area contributed by atoms with Crippen LogP contribution in [0.1, 0.15) is 21.7 Å². The quantitative estimate of drug-likeness (QED) is 0.266. The van der Waals surface area contributed by atoms with E-state index in [0.717, 1.165) is 34.2 Å². The molecule has 0 saturated heterocycles. The molecule has 28 heavy (non-hydrogen) atoms. The first-order valence-electron chi connectivity index (χ1n) is 9.19. The Hall–Kier alpha value is -2.87. The van der Waals surface area contributed by atoms with Gasteiger partial charge in [0.05, 0.1) is 4.88 Å². The molecule has 0 unspecified atom stereocenters. The molecule has 0 spiro atoms. The zero-order chi connectivity index (χ0) is 19.8. The van der Waals surface area contributed by atoms with Gasteiger partial charge < -0.3 is 20.9 Å². The van der Waals surface area contributed by atoms with Crippen LogP contribution in [0, 0.1) is 5.82 Å². The average Bonchev–Trinajstić information content (AvgIpc) is 3.36. The third kappa shape index (κ3) is 5.32. The Morgan fingerprint density at radius 1 is 1.18 bits per heavy atom. The Balaban J connectivity index is 1.35. The van der Waals surface area contributed by atoms with Crippen LogP contribution < -0.4 is 16.0 Å². The Morgan fingerprint density at radius 3 is 2.79 bits per heavy atom. The number of H-pyrrole nitrogens is 1. The van der Waals surface area contributed by atoms with Crippen molar-refractivity contribution in [2.24, 2.45) is 4.99 Å². The molecule has 0 aliphatic heterocycles. The molecular weight excluding hydrogens is 377 g/mol. The lowest BCUT2D eigenvalue weighted by atomic mass is 10.1. The molecular formula is C20H24FN5OS. The Morgan fingerprint density at radius 2 is 2.00 bits per heavy atom. The number of fused-ring (bicyclic) bond motifs is 1. The van der Waals surface area contributed by atoms with E-state index in [0.29, 0.717) is 25.6 Å². The number of hydrogen-bond acceptors (Lipinski definition) is 3. The molecule has 0 aliphatic rings. The average molecular weight is 402 g/mol. The third-order valence-corrected chi connectivity index (χ3v) is 5.19. The predicted molar refractivity (Wildman–Crippen MR) is 113 cm³/mol. The number of halogens is 1. The molecule has 0 fully saturated rings. The summed E-state index contributed by atoms with van der Waals surface area (Å²) in [4.78, 5) is 19.9. The molecule has 6 nitrogen and oxygen atoms in total. The summed E-state index contributed by atoms with van der Waals surface area (Å²) in [7, 11) is 1.72. The van der Waals surface area contributed by atoms with Crippen LogP contribution >= 0.6 is 11.3 Å². The number of carbonyl (C=O) groups is 1. The number of nitrogens with one attached hydrogen (secondary N) is 4. The van der Waals surface area contributed by atoms with Crippen molar-refractivity contribution in [1.29, 1.82) is 0 Å². The Kier molecular flexibility index (Phi) is 7.02. The molecule has 3 rings (SSSR count). The summed E-state index contributed by atoms with van der Waals surface area (Å²) in [5.41, 5.74) is 2.00. The second kappa shape index (κ2) is 9.89. The van der Waals surface area contributed by atoms with Crippen LogP contribution in [0.25, 0.3) is 10.9 Å². The summed E-state index contributed by atoms with van der Waals surface area (Å²) >= 11 is 1.43. The number of carbonyl (C=O) groups excluding carboxylic acids is 1. The maximum Gasteiger partial charge on any atom is 0.261 e. The van der Waals surface area contributed by atoms with E-state index in [-0.39, 0.29) is 11.7 Å². The fourth-order valence-electron chi connectivity index (χ4n) is 2.89. The van der Waals surface area contributed by atoms with E-state index in [2.05, 4.69) is 25.9 Å². The van der Waals surface area contributed by atoms with Crippen molar-refractivity contribution >= 4 is 34.1 Å². The van der Waals surface area contributed by atoms with Gasteiger partial charge in [-0.05, 0) is 48.1 Å². The van der Waals surface area contributed by atoms with Crippen LogP contribution in [0.5, 0.6) is 0 Å². The van der Waals surface area contributed by atoms with E-state index < -0.39 is 0 Å². The lowest BCUT2D eigenvalue weighted by Crippen LogP contribution is -2.39. The van der Waals surface area contributed by atoms with E-state index in [9.17, 15) is 9.18 Å². The van der Waals surface area contributed by atoms with Gasteiger partial charge in [0.25, 0.3) is 5.91 Å². The van der Waals surface area contributed by atoms with Crippen LogP contribution in [-0.2, 0) is 6.42 Å². The molecule has 0 atom stereocenters. The maximum atomic E-state index is 13.4. The molecule has 148 valence electrons. The van der Waals surface area contributed by atoms with E-state index >= 15 is 0 Å². The highest BCUT2D eigenvalue weighted by Crippen LogP contribution is 2.19. The molecule has 0 aliphatic carbocycles. The first-order valence-corrected chi connectivity index (χ1v) is 10.1. The van der Waals surface area contributed by atoms with E-state index in [1.54, 1.807) is 19.2 Å². The van der Waals surface area contributed by atoms with Crippen molar-refractivity contribution in [2.75, 3.05) is 26.7 Å². The molecule has 0 bridgehead atoms. The second-order valence-corrected chi connectivity index (χ2v) is 7.21. The smallest absolute Gasteiger partial charge is 0.261 e. The lowest BCUT2D eigenvalue weighted by Gasteiger charge is -2.12. The lowest BCUT2D eigenvalue weighted by molar-refractivity contribution is 0.0957. The SMILES string of the molecule is CN=C(NCCCNC(=O)c1cccs1)NCCc1c[nH]c2ccc(F)cc12. The number of aromatic amines is 1. The van der Waals surface area contributed by atoms with Gasteiger partial charge in [-0.1, -0.05) is 6.07 Å². The number of rotatable bonds is 8. The van der Waals surface area contributed by atoms with Crippen LogP contribution in [-0.4, -0.2) is 43.5 Å². The summed E-state index contributed by atoms with van der Waals surface area (Å²) in [5.74, 6) is 0.438. The molecule has 0 radical (unpaired) electrons. The van der Waals surface area contributed by atoms with Crippen molar-refractivity contribution in [2.45, 2.75) is 12.8 Å². The van der Waals surface area contributed by atoms with Gasteiger partial charge in [0.2, 0.25) is 0 Å². The number of amides is 1. The van der Waals surface area contributed by atoms with Crippen molar-refractivity contribution < 1.29 is 9.18 Å². The van der Waals surface area contributed by atoms with Gasteiger partial charge in [0.15, 0.2) is 5.96 Å². The van der Waals surface area contributed by atoms with Gasteiger partial charge in [-0.2, -0.15) is 0 Å². The van der Waals surface area contributed by atoms with Gasteiger partial charge in [-0.25, -0.2) is 4.39 Å². The molecule has 2 aromatic heterocycles. The van der Waals surface area contributed by atoms with Gasteiger partial charge in [0, 0.05) is 43.8 Å². The number of aromatic nitrogens is 1. The minimum atomic E-state index is -0.232. The van der Waals surface area contributed by atoms with Crippen molar-refractivity contribution in [3.05, 3.63) is 58.2 Å². The number of aliphatic imine (C=N–C) groups is 1. The third-order valence-electron chi connectivity index (χ3n) is 4.32. The zero-order valence-electron chi connectivity index (χ0n) is 15.7. The first-order chi connectivity index (χ1) is 13.7. The predicted octanol–water partition coefficient (Wildman–Crippen LogP) is 2.90. The fourth-order valence-corrected chi connectivity index (χ4v) is 3.53. The van der Waals surface area contributed by atoms with Crippen molar-refractivity contribution in [1.82, 2.24) is 20.9 Å². The summed E-state index contributed by atoms with van der Waals surface area (Å²) in [6.07, 6.45) is 3.46. The Labute approximate surface area is 167 Å². The normalized spacial score (nSPS) is 11.6. The minimum absolute atomic E-state index is 0.0346. The molecule has 1 amide bonds. The number of thiophene rings is 1. The van der Waals surface area contributed by atoms with Crippen LogP contribution in [0.4, 0.5) is 4.39 Å². The number of nitrogens with zero attached hydrogens (tertiary/aromatic N) is 1. The number of guanidine groups is 1. The first kappa shape index (κ1) is 19.9. The topological polar surface area (TPSA) is 81.3 Å². The van der Waals surface area contributed by atoms with Gasteiger partial charge in [-0.3, -0.25) is 9.79 Å². The summed E-state index contributed by atoms with van der Waals surface area (Å²) in [6, 6.07) is 8.43. The van der Waals surface area contributed by atoms with Gasteiger partial charge in [0.1, 0.15) is 5.82 Å². The molecule has 2 heterocycles. The summed E-state index contributed by atoms with van der Waals surface area (Å²) in [5, 5.41) is 12.2.